The quantitative estimate of drug-likeness (QED) is 0.811. The Morgan fingerprint density at radius 1 is 1.35 bits per heavy atom. The number of esters is 1. The molecule has 20 heavy (non-hydrogen) atoms. The molecule has 2 atom stereocenters. The van der Waals surface area contributed by atoms with Crippen molar-refractivity contribution < 1.29 is 14.3 Å². The number of fused-ring (bicyclic) bond motifs is 1. The maximum Gasteiger partial charge on any atom is 0.305 e. The van der Waals surface area contributed by atoms with Crippen molar-refractivity contribution in [3.63, 3.8) is 0 Å². The molecule has 1 aromatic carbocycles. The van der Waals surface area contributed by atoms with Crippen LogP contribution in [0.4, 0.5) is 0 Å². The fourth-order valence-corrected chi connectivity index (χ4v) is 2.88. The van der Waals surface area contributed by atoms with Gasteiger partial charge < -0.3 is 15.2 Å². The van der Waals surface area contributed by atoms with E-state index in [2.05, 4.69) is 12.1 Å². The molecule has 1 aliphatic carbocycles. The third-order valence-corrected chi connectivity index (χ3v) is 3.76. The van der Waals surface area contributed by atoms with Gasteiger partial charge in [0.2, 0.25) is 0 Å². The van der Waals surface area contributed by atoms with Crippen LogP contribution in [0.1, 0.15) is 43.7 Å². The highest BCUT2D eigenvalue weighted by molar-refractivity contribution is 5.69. The Balaban J connectivity index is 2.04. The standard InChI is InChI=1S/C16H23NO3/c1-3-19-12-5-6-13-11(9-12)10-15(17)14(13)7-8-16(18)20-4-2/h5-6,9,14-15H,3-4,7-8,10,17H2,1-2H3. The van der Waals surface area contributed by atoms with Gasteiger partial charge in [0.15, 0.2) is 0 Å². The molecule has 0 saturated carbocycles. The van der Waals surface area contributed by atoms with Crippen molar-refractivity contribution in [3.05, 3.63) is 29.3 Å². The average Bonchev–Trinajstić information content (AvgIpc) is 2.72. The van der Waals surface area contributed by atoms with E-state index < -0.39 is 0 Å². The van der Waals surface area contributed by atoms with Crippen LogP contribution in [0.3, 0.4) is 0 Å². The molecule has 0 radical (unpaired) electrons. The highest BCUT2D eigenvalue weighted by atomic mass is 16.5. The van der Waals surface area contributed by atoms with Crippen molar-refractivity contribution in [1.29, 1.82) is 0 Å². The Morgan fingerprint density at radius 3 is 2.85 bits per heavy atom. The van der Waals surface area contributed by atoms with Crippen LogP contribution in [0.5, 0.6) is 5.75 Å². The first kappa shape index (κ1) is 14.9. The summed E-state index contributed by atoms with van der Waals surface area (Å²) in [7, 11) is 0. The summed E-state index contributed by atoms with van der Waals surface area (Å²) in [6.45, 7) is 4.89. The van der Waals surface area contributed by atoms with Gasteiger partial charge in [0.05, 0.1) is 13.2 Å². The third kappa shape index (κ3) is 3.31. The van der Waals surface area contributed by atoms with Crippen molar-refractivity contribution in [2.75, 3.05) is 13.2 Å². The van der Waals surface area contributed by atoms with E-state index in [1.165, 1.54) is 11.1 Å². The molecule has 2 rings (SSSR count). The van der Waals surface area contributed by atoms with Crippen molar-refractivity contribution >= 4 is 5.97 Å². The number of hydrogen-bond acceptors (Lipinski definition) is 4. The Bertz CT molecular complexity index is 473. The van der Waals surface area contributed by atoms with E-state index in [0.29, 0.717) is 19.6 Å². The van der Waals surface area contributed by atoms with Gasteiger partial charge in [-0.05, 0) is 49.9 Å². The van der Waals surface area contributed by atoms with Gasteiger partial charge in [0, 0.05) is 18.4 Å². The number of carbonyl (C=O) groups is 1. The minimum atomic E-state index is -0.140. The predicted octanol–water partition coefficient (Wildman–Crippen LogP) is 2.40. The first-order valence-corrected chi connectivity index (χ1v) is 7.32. The molecule has 1 aliphatic rings. The molecule has 0 amide bonds. The van der Waals surface area contributed by atoms with E-state index in [-0.39, 0.29) is 17.9 Å². The molecular weight excluding hydrogens is 254 g/mol. The van der Waals surface area contributed by atoms with Crippen LogP contribution in [0.25, 0.3) is 0 Å². The van der Waals surface area contributed by atoms with Gasteiger partial charge in [-0.15, -0.1) is 0 Å². The lowest BCUT2D eigenvalue weighted by molar-refractivity contribution is -0.143. The van der Waals surface area contributed by atoms with Gasteiger partial charge in [0.1, 0.15) is 5.75 Å². The average molecular weight is 277 g/mol. The molecular formula is C16H23NO3. The second-order valence-corrected chi connectivity index (χ2v) is 5.11. The SMILES string of the molecule is CCOC(=O)CCC1c2ccc(OCC)cc2CC1N. The summed E-state index contributed by atoms with van der Waals surface area (Å²) in [5.74, 6) is 0.994. The minimum absolute atomic E-state index is 0.0799. The van der Waals surface area contributed by atoms with Gasteiger partial charge in [-0.2, -0.15) is 0 Å². The summed E-state index contributed by atoms with van der Waals surface area (Å²) in [5, 5.41) is 0. The van der Waals surface area contributed by atoms with Crippen LogP contribution in [-0.2, 0) is 16.0 Å². The van der Waals surface area contributed by atoms with Crippen LogP contribution < -0.4 is 10.5 Å². The summed E-state index contributed by atoms with van der Waals surface area (Å²) in [5.41, 5.74) is 8.72. The topological polar surface area (TPSA) is 61.5 Å². The number of ether oxygens (including phenoxy) is 2. The van der Waals surface area contributed by atoms with Gasteiger partial charge in [-0.1, -0.05) is 6.07 Å². The maximum atomic E-state index is 11.5. The zero-order chi connectivity index (χ0) is 14.5. The van der Waals surface area contributed by atoms with E-state index >= 15 is 0 Å². The second kappa shape index (κ2) is 6.75. The fraction of sp³-hybridized carbons (Fsp3) is 0.562. The number of nitrogens with two attached hydrogens (primary N) is 1. The van der Waals surface area contributed by atoms with E-state index in [1.54, 1.807) is 0 Å². The van der Waals surface area contributed by atoms with Crippen LogP contribution in [0.2, 0.25) is 0 Å². The van der Waals surface area contributed by atoms with Crippen molar-refractivity contribution in [3.8, 4) is 5.75 Å². The zero-order valence-electron chi connectivity index (χ0n) is 12.2. The van der Waals surface area contributed by atoms with Crippen molar-refractivity contribution in [2.45, 2.75) is 45.1 Å². The Kier molecular flexibility index (Phi) is 5.01. The predicted molar refractivity (Wildman–Crippen MR) is 77.9 cm³/mol. The Morgan fingerprint density at radius 2 is 2.15 bits per heavy atom. The summed E-state index contributed by atoms with van der Waals surface area (Å²) in [6.07, 6.45) is 2.03. The molecule has 0 aromatic heterocycles. The van der Waals surface area contributed by atoms with Gasteiger partial charge in [-0.25, -0.2) is 0 Å². The van der Waals surface area contributed by atoms with E-state index in [1.807, 2.05) is 19.9 Å². The lowest BCUT2D eigenvalue weighted by atomic mass is 9.93. The van der Waals surface area contributed by atoms with Gasteiger partial charge in [0.25, 0.3) is 0 Å². The molecule has 0 saturated heterocycles. The molecule has 4 heteroatoms. The first-order valence-electron chi connectivity index (χ1n) is 7.32. The zero-order valence-corrected chi connectivity index (χ0v) is 12.2. The summed E-state index contributed by atoms with van der Waals surface area (Å²) < 4.78 is 10.5. The lowest BCUT2D eigenvalue weighted by Crippen LogP contribution is -2.25. The number of carbonyl (C=O) groups excluding carboxylic acids is 1. The molecule has 0 aliphatic heterocycles. The summed E-state index contributed by atoms with van der Waals surface area (Å²) >= 11 is 0. The van der Waals surface area contributed by atoms with Crippen LogP contribution >= 0.6 is 0 Å². The smallest absolute Gasteiger partial charge is 0.305 e. The van der Waals surface area contributed by atoms with Crippen molar-refractivity contribution in [2.24, 2.45) is 5.73 Å². The summed E-state index contributed by atoms with van der Waals surface area (Å²) in [6, 6.07) is 6.22. The Hall–Kier alpha value is -1.55. The summed E-state index contributed by atoms with van der Waals surface area (Å²) in [4.78, 5) is 11.5. The molecule has 2 unspecified atom stereocenters. The Labute approximate surface area is 120 Å². The molecule has 0 heterocycles. The molecule has 0 fully saturated rings. The van der Waals surface area contributed by atoms with E-state index in [9.17, 15) is 4.79 Å². The first-order chi connectivity index (χ1) is 9.65. The molecule has 110 valence electrons. The number of benzene rings is 1. The second-order valence-electron chi connectivity index (χ2n) is 5.11. The lowest BCUT2D eigenvalue weighted by Gasteiger charge is -2.16. The van der Waals surface area contributed by atoms with E-state index in [0.717, 1.165) is 18.6 Å². The molecule has 4 nitrogen and oxygen atoms in total. The minimum Gasteiger partial charge on any atom is -0.494 e. The monoisotopic (exact) mass is 277 g/mol. The van der Waals surface area contributed by atoms with Crippen molar-refractivity contribution in [1.82, 2.24) is 0 Å². The molecule has 0 spiro atoms. The van der Waals surface area contributed by atoms with Crippen LogP contribution in [0.15, 0.2) is 18.2 Å². The molecule has 2 N–H and O–H groups in total. The maximum absolute atomic E-state index is 11.5. The highest BCUT2D eigenvalue weighted by Gasteiger charge is 2.30. The van der Waals surface area contributed by atoms with E-state index in [4.69, 9.17) is 15.2 Å². The largest absolute Gasteiger partial charge is 0.494 e. The van der Waals surface area contributed by atoms with Crippen LogP contribution in [0, 0.1) is 0 Å². The molecule has 0 bridgehead atoms. The normalized spacial score (nSPS) is 20.6. The number of hydrogen-bond donors (Lipinski definition) is 1. The fourth-order valence-electron chi connectivity index (χ4n) is 2.88. The highest BCUT2D eigenvalue weighted by Crippen LogP contribution is 2.37. The molecule has 1 aromatic rings. The number of rotatable bonds is 6. The van der Waals surface area contributed by atoms with Gasteiger partial charge in [-0.3, -0.25) is 4.79 Å². The van der Waals surface area contributed by atoms with Gasteiger partial charge >= 0.3 is 5.97 Å². The third-order valence-electron chi connectivity index (χ3n) is 3.76. The van der Waals surface area contributed by atoms with Crippen LogP contribution in [-0.4, -0.2) is 25.2 Å².